The summed E-state index contributed by atoms with van der Waals surface area (Å²) in [5.74, 6) is 0. The molecule has 0 bridgehead atoms. The lowest BCUT2D eigenvalue weighted by Crippen LogP contribution is -2.09. The van der Waals surface area contributed by atoms with Gasteiger partial charge in [-0.25, -0.2) is 4.98 Å². The molecule has 20 heavy (non-hydrogen) atoms. The Morgan fingerprint density at radius 3 is 3.00 bits per heavy atom. The van der Waals surface area contributed by atoms with E-state index in [1.165, 1.54) is 41.6 Å². The normalized spacial score (nSPS) is 14.4. The molecule has 0 aliphatic heterocycles. The Labute approximate surface area is 118 Å². The first-order valence-corrected chi connectivity index (χ1v) is 7.27. The Morgan fingerprint density at radius 1 is 1.05 bits per heavy atom. The minimum Gasteiger partial charge on any atom is -0.330 e. The minimum absolute atomic E-state index is 0.910. The number of hydrogen-bond donors (Lipinski definition) is 0. The van der Waals surface area contributed by atoms with Crippen molar-refractivity contribution in [2.45, 2.75) is 32.2 Å². The Kier molecular flexibility index (Phi) is 2.76. The highest BCUT2D eigenvalue weighted by atomic mass is 15.1. The Balaban J connectivity index is 1.68. The Bertz CT molecular complexity index is 758. The van der Waals surface area contributed by atoms with E-state index in [0.29, 0.717) is 0 Å². The van der Waals surface area contributed by atoms with E-state index in [1.807, 2.05) is 18.6 Å². The average Bonchev–Trinajstić information content (AvgIpc) is 2.91. The minimum atomic E-state index is 0.910. The molecule has 0 saturated carbocycles. The van der Waals surface area contributed by atoms with E-state index in [9.17, 15) is 0 Å². The molecule has 3 aromatic rings. The van der Waals surface area contributed by atoms with Gasteiger partial charge in [0.1, 0.15) is 0 Å². The molecule has 1 aliphatic rings. The zero-order valence-corrected chi connectivity index (χ0v) is 11.4. The van der Waals surface area contributed by atoms with Gasteiger partial charge in [0.25, 0.3) is 0 Å². The SMILES string of the molecule is c1cnc2ccc(Cn3cnc4c3CCCC4)cc2c1. The van der Waals surface area contributed by atoms with Crippen molar-refractivity contribution in [2.75, 3.05) is 0 Å². The number of nitrogens with zero attached hydrogens (tertiary/aromatic N) is 3. The summed E-state index contributed by atoms with van der Waals surface area (Å²) >= 11 is 0. The van der Waals surface area contributed by atoms with E-state index >= 15 is 0 Å². The monoisotopic (exact) mass is 263 g/mol. The highest BCUT2D eigenvalue weighted by Gasteiger charge is 2.15. The number of aryl methyl sites for hydroxylation is 1. The summed E-state index contributed by atoms with van der Waals surface area (Å²) in [5.41, 5.74) is 5.11. The molecule has 1 aromatic carbocycles. The van der Waals surface area contributed by atoms with Gasteiger partial charge in [0.15, 0.2) is 0 Å². The molecular formula is C17H17N3. The predicted molar refractivity (Wildman–Crippen MR) is 79.7 cm³/mol. The van der Waals surface area contributed by atoms with Crippen LogP contribution in [0.2, 0.25) is 0 Å². The third-order valence-corrected chi connectivity index (χ3v) is 4.13. The van der Waals surface area contributed by atoms with E-state index in [0.717, 1.165) is 18.5 Å². The van der Waals surface area contributed by atoms with Crippen molar-refractivity contribution in [3.63, 3.8) is 0 Å². The van der Waals surface area contributed by atoms with Gasteiger partial charge in [-0.15, -0.1) is 0 Å². The van der Waals surface area contributed by atoms with Crippen molar-refractivity contribution in [3.05, 3.63) is 59.8 Å². The first-order chi connectivity index (χ1) is 9.90. The smallest absolute Gasteiger partial charge is 0.0954 e. The zero-order valence-electron chi connectivity index (χ0n) is 11.4. The van der Waals surface area contributed by atoms with Gasteiger partial charge in [0.2, 0.25) is 0 Å². The van der Waals surface area contributed by atoms with Crippen LogP contribution in [0.5, 0.6) is 0 Å². The van der Waals surface area contributed by atoms with E-state index in [4.69, 9.17) is 0 Å². The molecule has 0 amide bonds. The summed E-state index contributed by atoms with van der Waals surface area (Å²) in [4.78, 5) is 8.94. The van der Waals surface area contributed by atoms with Crippen molar-refractivity contribution in [1.29, 1.82) is 0 Å². The number of aromatic nitrogens is 3. The van der Waals surface area contributed by atoms with Gasteiger partial charge in [-0.3, -0.25) is 4.98 Å². The molecule has 4 rings (SSSR count). The fourth-order valence-electron chi connectivity index (χ4n) is 3.09. The predicted octanol–water partition coefficient (Wildman–Crippen LogP) is 3.36. The van der Waals surface area contributed by atoms with Gasteiger partial charge in [-0.2, -0.15) is 0 Å². The summed E-state index contributed by atoms with van der Waals surface area (Å²) in [6.45, 7) is 0.910. The van der Waals surface area contributed by atoms with Crippen molar-refractivity contribution < 1.29 is 0 Å². The molecule has 0 unspecified atom stereocenters. The first-order valence-electron chi connectivity index (χ1n) is 7.27. The maximum absolute atomic E-state index is 4.57. The van der Waals surface area contributed by atoms with Gasteiger partial charge in [-0.05, 0) is 49.4 Å². The van der Waals surface area contributed by atoms with Crippen LogP contribution in [0.3, 0.4) is 0 Å². The van der Waals surface area contributed by atoms with Crippen LogP contribution in [-0.4, -0.2) is 14.5 Å². The van der Waals surface area contributed by atoms with Crippen LogP contribution >= 0.6 is 0 Å². The number of pyridine rings is 1. The molecule has 100 valence electrons. The molecule has 0 spiro atoms. The van der Waals surface area contributed by atoms with Gasteiger partial charge >= 0.3 is 0 Å². The van der Waals surface area contributed by atoms with Crippen molar-refractivity contribution >= 4 is 10.9 Å². The zero-order chi connectivity index (χ0) is 13.4. The number of hydrogen-bond acceptors (Lipinski definition) is 2. The number of rotatable bonds is 2. The first kappa shape index (κ1) is 11.6. The van der Waals surface area contributed by atoms with Crippen molar-refractivity contribution in [3.8, 4) is 0 Å². The Hall–Kier alpha value is -2.16. The van der Waals surface area contributed by atoms with Crippen LogP contribution in [0.1, 0.15) is 29.8 Å². The van der Waals surface area contributed by atoms with Crippen LogP contribution in [0.4, 0.5) is 0 Å². The van der Waals surface area contributed by atoms with Crippen LogP contribution in [0, 0.1) is 0 Å². The maximum atomic E-state index is 4.57. The lowest BCUT2D eigenvalue weighted by molar-refractivity contribution is 0.629. The molecule has 0 N–H and O–H groups in total. The fourth-order valence-corrected chi connectivity index (χ4v) is 3.09. The van der Waals surface area contributed by atoms with Gasteiger partial charge < -0.3 is 4.57 Å². The van der Waals surface area contributed by atoms with Gasteiger partial charge in [0, 0.05) is 23.8 Å². The van der Waals surface area contributed by atoms with Crippen molar-refractivity contribution in [2.24, 2.45) is 0 Å². The third kappa shape index (κ3) is 1.99. The average molecular weight is 263 g/mol. The standard InChI is InChI=1S/C17H17N3/c1-2-6-17-16(5-1)19-12-20(17)11-13-7-8-15-14(10-13)4-3-9-18-15/h3-4,7-10,12H,1-2,5-6,11H2. The highest BCUT2D eigenvalue weighted by Crippen LogP contribution is 2.21. The summed E-state index contributed by atoms with van der Waals surface area (Å²) < 4.78 is 2.31. The largest absolute Gasteiger partial charge is 0.330 e. The number of benzene rings is 1. The van der Waals surface area contributed by atoms with E-state index in [1.54, 1.807) is 0 Å². The lowest BCUT2D eigenvalue weighted by Gasteiger charge is -2.14. The molecule has 0 atom stereocenters. The van der Waals surface area contributed by atoms with E-state index in [2.05, 4.69) is 38.8 Å². The van der Waals surface area contributed by atoms with E-state index in [-0.39, 0.29) is 0 Å². The second kappa shape index (κ2) is 4.75. The number of fused-ring (bicyclic) bond motifs is 2. The lowest BCUT2D eigenvalue weighted by atomic mass is 10.0. The Morgan fingerprint density at radius 2 is 2.00 bits per heavy atom. The molecule has 0 radical (unpaired) electrons. The molecule has 2 aromatic heterocycles. The van der Waals surface area contributed by atoms with Crippen molar-refractivity contribution in [1.82, 2.24) is 14.5 Å². The molecule has 0 fully saturated rings. The third-order valence-electron chi connectivity index (χ3n) is 4.13. The molecular weight excluding hydrogens is 246 g/mol. The maximum Gasteiger partial charge on any atom is 0.0954 e. The summed E-state index contributed by atoms with van der Waals surface area (Å²) in [7, 11) is 0. The van der Waals surface area contributed by atoms with Gasteiger partial charge in [0.05, 0.1) is 17.5 Å². The van der Waals surface area contributed by atoms with Gasteiger partial charge in [-0.1, -0.05) is 12.1 Å². The number of imidazole rings is 1. The topological polar surface area (TPSA) is 30.7 Å². The van der Waals surface area contributed by atoms with Crippen LogP contribution in [0.25, 0.3) is 10.9 Å². The second-order valence-electron chi connectivity index (χ2n) is 5.50. The van der Waals surface area contributed by atoms with Crippen LogP contribution in [-0.2, 0) is 19.4 Å². The quantitative estimate of drug-likeness (QED) is 0.710. The van der Waals surface area contributed by atoms with E-state index < -0.39 is 0 Å². The summed E-state index contributed by atoms with van der Waals surface area (Å²) in [6, 6.07) is 10.6. The summed E-state index contributed by atoms with van der Waals surface area (Å²) in [5, 5.41) is 1.21. The molecule has 3 nitrogen and oxygen atoms in total. The van der Waals surface area contributed by atoms with Crippen LogP contribution in [0.15, 0.2) is 42.9 Å². The summed E-state index contributed by atoms with van der Waals surface area (Å²) in [6.07, 6.45) is 8.73. The second-order valence-corrected chi connectivity index (χ2v) is 5.50. The molecule has 3 heteroatoms. The highest BCUT2D eigenvalue weighted by molar-refractivity contribution is 5.78. The van der Waals surface area contributed by atoms with Crippen LogP contribution < -0.4 is 0 Å². The molecule has 0 saturated heterocycles. The fraction of sp³-hybridized carbons (Fsp3) is 0.294. The molecule has 1 aliphatic carbocycles. The molecule has 2 heterocycles.